The summed E-state index contributed by atoms with van der Waals surface area (Å²) < 4.78 is 29.7. The van der Waals surface area contributed by atoms with Crippen LogP contribution >= 0.6 is 0 Å². The van der Waals surface area contributed by atoms with Gasteiger partial charge in [-0.2, -0.15) is 0 Å². The zero-order chi connectivity index (χ0) is 25.9. The molecule has 1 aromatic heterocycles. The molecule has 0 aliphatic heterocycles. The SMILES string of the molecule is CC(C)(C)[S@@](=O)N[C@H](CCO[Si](C)(C)C(C)(C)C)C(O[Si](C)(C)C(C)(C)C)c1ccccn1. The Balaban J connectivity index is 3.33. The van der Waals surface area contributed by atoms with Gasteiger partial charge in [-0.25, -0.2) is 8.93 Å². The molecule has 1 N–H and O–H groups in total. The lowest BCUT2D eigenvalue weighted by molar-refractivity contribution is 0.127. The van der Waals surface area contributed by atoms with Gasteiger partial charge in [-0.3, -0.25) is 4.98 Å². The van der Waals surface area contributed by atoms with Crippen LogP contribution in [0.5, 0.6) is 0 Å². The quantitative estimate of drug-likeness (QED) is 0.342. The van der Waals surface area contributed by atoms with E-state index >= 15 is 0 Å². The maximum Gasteiger partial charge on any atom is 0.193 e. The van der Waals surface area contributed by atoms with Crippen LogP contribution in [0.1, 0.15) is 80.5 Å². The van der Waals surface area contributed by atoms with E-state index in [0.717, 1.165) is 5.69 Å². The van der Waals surface area contributed by atoms with Gasteiger partial charge in [0.25, 0.3) is 0 Å². The summed E-state index contributed by atoms with van der Waals surface area (Å²) in [5, 5.41) is 0.188. The molecule has 3 atom stereocenters. The summed E-state index contributed by atoms with van der Waals surface area (Å²) in [7, 11) is -5.26. The number of hydrogen-bond donors (Lipinski definition) is 1. The Labute approximate surface area is 208 Å². The minimum atomic E-state index is -2.13. The second-order valence-corrected chi connectivity index (χ2v) is 24.6. The van der Waals surface area contributed by atoms with Gasteiger partial charge in [0.2, 0.25) is 0 Å². The zero-order valence-corrected chi connectivity index (χ0v) is 26.3. The van der Waals surface area contributed by atoms with Gasteiger partial charge < -0.3 is 8.85 Å². The van der Waals surface area contributed by atoms with Crippen molar-refractivity contribution in [2.75, 3.05) is 6.61 Å². The van der Waals surface area contributed by atoms with Gasteiger partial charge >= 0.3 is 0 Å². The van der Waals surface area contributed by atoms with Gasteiger partial charge in [-0.05, 0) is 75.6 Å². The molecule has 0 aromatic carbocycles. The van der Waals surface area contributed by atoms with Crippen molar-refractivity contribution < 1.29 is 13.1 Å². The number of nitrogens with one attached hydrogen (secondary N) is 1. The van der Waals surface area contributed by atoms with Crippen LogP contribution in [0, 0.1) is 0 Å². The fraction of sp³-hybridized carbons (Fsp3) is 0.800. The maximum atomic E-state index is 13.2. The highest BCUT2D eigenvalue weighted by molar-refractivity contribution is 7.84. The third kappa shape index (κ3) is 8.96. The fourth-order valence-corrected chi connectivity index (χ4v) is 5.84. The minimum Gasteiger partial charge on any atom is -0.417 e. The summed E-state index contributed by atoms with van der Waals surface area (Å²) in [5.74, 6) is 0. The molecule has 192 valence electrons. The molecule has 1 rings (SSSR count). The molecule has 0 amide bonds. The Morgan fingerprint density at radius 1 is 0.939 bits per heavy atom. The highest BCUT2D eigenvalue weighted by atomic mass is 32.2. The number of hydrogen-bond acceptors (Lipinski definition) is 4. The minimum absolute atomic E-state index is 0.0470. The van der Waals surface area contributed by atoms with Crippen LogP contribution in [0.3, 0.4) is 0 Å². The van der Waals surface area contributed by atoms with E-state index in [1.165, 1.54) is 0 Å². The van der Waals surface area contributed by atoms with E-state index < -0.39 is 27.6 Å². The highest BCUT2D eigenvalue weighted by Gasteiger charge is 2.43. The predicted octanol–water partition coefficient (Wildman–Crippen LogP) is 6.98. The summed E-state index contributed by atoms with van der Waals surface area (Å²) in [6.45, 7) is 29.1. The zero-order valence-electron chi connectivity index (χ0n) is 23.5. The molecule has 8 heteroatoms. The van der Waals surface area contributed by atoms with Crippen LogP contribution in [0.2, 0.25) is 36.3 Å². The van der Waals surface area contributed by atoms with E-state index in [1.807, 2.05) is 39.0 Å². The first-order chi connectivity index (χ1) is 14.7. The Bertz CT molecular complexity index is 767. The maximum absolute atomic E-state index is 13.2. The Kier molecular flexibility index (Phi) is 10.3. The van der Waals surface area contributed by atoms with Gasteiger partial charge in [-0.15, -0.1) is 0 Å². The van der Waals surface area contributed by atoms with Gasteiger partial charge in [0.1, 0.15) is 6.10 Å². The third-order valence-electron chi connectivity index (χ3n) is 7.09. The molecule has 0 bridgehead atoms. The first-order valence-corrected chi connectivity index (χ1v) is 19.1. The second kappa shape index (κ2) is 11.1. The van der Waals surface area contributed by atoms with E-state index in [4.69, 9.17) is 8.85 Å². The lowest BCUT2D eigenvalue weighted by Crippen LogP contribution is -2.50. The molecule has 1 unspecified atom stereocenters. The molecule has 0 fully saturated rings. The normalized spacial score (nSPS) is 17.0. The Hall–Kier alpha value is -0.386. The lowest BCUT2D eigenvalue weighted by atomic mass is 10.1. The van der Waals surface area contributed by atoms with E-state index in [9.17, 15) is 4.21 Å². The predicted molar refractivity (Wildman–Crippen MR) is 148 cm³/mol. The van der Waals surface area contributed by atoms with E-state index in [2.05, 4.69) is 77.4 Å². The van der Waals surface area contributed by atoms with Crippen molar-refractivity contribution >= 4 is 27.6 Å². The van der Waals surface area contributed by atoms with E-state index in [0.29, 0.717) is 13.0 Å². The summed E-state index contributed by atoms with van der Waals surface area (Å²) in [5.41, 5.74) is 0.873. The molecule has 33 heavy (non-hydrogen) atoms. The lowest BCUT2D eigenvalue weighted by Gasteiger charge is -2.42. The Morgan fingerprint density at radius 2 is 1.48 bits per heavy atom. The molecular weight excluding hydrogens is 465 g/mol. The average molecular weight is 515 g/mol. The molecule has 0 aliphatic carbocycles. The molecule has 0 aliphatic rings. The number of rotatable bonds is 10. The molecule has 1 aromatic rings. The Morgan fingerprint density at radius 3 is 1.91 bits per heavy atom. The van der Waals surface area contributed by atoms with Crippen LogP contribution in [0.4, 0.5) is 0 Å². The molecule has 0 spiro atoms. The third-order valence-corrected chi connectivity index (χ3v) is 17.7. The van der Waals surface area contributed by atoms with Crippen molar-refractivity contribution in [3.8, 4) is 0 Å². The number of aromatic nitrogens is 1. The highest BCUT2D eigenvalue weighted by Crippen LogP contribution is 2.41. The van der Waals surface area contributed by atoms with Crippen LogP contribution in [0.25, 0.3) is 0 Å². The van der Waals surface area contributed by atoms with Crippen molar-refractivity contribution in [3.05, 3.63) is 30.1 Å². The monoisotopic (exact) mass is 514 g/mol. The summed E-state index contributed by atoms with van der Waals surface area (Å²) in [4.78, 5) is 4.66. The van der Waals surface area contributed by atoms with Crippen LogP contribution in [-0.4, -0.2) is 43.2 Å². The molecule has 1 heterocycles. The standard InChI is InChI=1S/C25H50N2O3SSi2/c1-23(2,3)31(28)27-21(17-19-29-32(10,11)24(4,5)6)22(20-16-14-15-18-26-20)30-33(12,13)25(7,8)9/h14-16,18,21-22,27H,17,19H2,1-13H3/t21-,22?,31-/m1/s1. The van der Waals surface area contributed by atoms with Crippen molar-refractivity contribution in [2.24, 2.45) is 0 Å². The molecule has 0 saturated carbocycles. The second-order valence-electron chi connectivity index (χ2n) is 13.1. The molecule has 0 saturated heterocycles. The molecule has 0 radical (unpaired) electrons. The topological polar surface area (TPSA) is 60.5 Å². The van der Waals surface area contributed by atoms with Crippen LogP contribution < -0.4 is 4.72 Å². The smallest absolute Gasteiger partial charge is 0.193 e. The van der Waals surface area contributed by atoms with Crippen molar-refractivity contribution in [2.45, 2.75) is 122 Å². The van der Waals surface area contributed by atoms with Crippen LogP contribution in [0.15, 0.2) is 24.4 Å². The summed E-state index contributed by atoms with van der Waals surface area (Å²) in [6.07, 6.45) is 2.20. The molecular formula is C25H50N2O3SSi2. The summed E-state index contributed by atoms with van der Waals surface area (Å²) in [6, 6.07) is 5.75. The van der Waals surface area contributed by atoms with E-state index in [1.54, 1.807) is 6.20 Å². The van der Waals surface area contributed by atoms with Gasteiger partial charge in [0, 0.05) is 12.8 Å². The van der Waals surface area contributed by atoms with Gasteiger partial charge in [0.15, 0.2) is 16.6 Å². The summed E-state index contributed by atoms with van der Waals surface area (Å²) >= 11 is 0. The van der Waals surface area contributed by atoms with Crippen molar-refractivity contribution in [1.82, 2.24) is 9.71 Å². The first kappa shape index (κ1) is 30.6. The fourth-order valence-electron chi connectivity index (χ4n) is 2.63. The van der Waals surface area contributed by atoms with Crippen LogP contribution in [-0.2, 0) is 19.8 Å². The van der Waals surface area contributed by atoms with Crippen molar-refractivity contribution in [1.29, 1.82) is 0 Å². The molecule has 5 nitrogen and oxygen atoms in total. The van der Waals surface area contributed by atoms with E-state index in [-0.39, 0.29) is 27.0 Å². The number of pyridine rings is 1. The average Bonchev–Trinajstić information content (AvgIpc) is 2.63. The largest absolute Gasteiger partial charge is 0.417 e. The first-order valence-electron chi connectivity index (χ1n) is 12.1. The van der Waals surface area contributed by atoms with Gasteiger partial charge in [-0.1, -0.05) is 47.6 Å². The van der Waals surface area contributed by atoms with Gasteiger partial charge in [0.05, 0.1) is 27.5 Å². The number of nitrogens with zero attached hydrogens (tertiary/aromatic N) is 1. The van der Waals surface area contributed by atoms with Crippen molar-refractivity contribution in [3.63, 3.8) is 0 Å².